The first-order valence-electron chi connectivity index (χ1n) is 8.75. The van der Waals surface area contributed by atoms with E-state index in [1.165, 1.54) is 5.56 Å². The lowest BCUT2D eigenvalue weighted by atomic mass is 10.2. The number of hydrogen-bond donors (Lipinski definition) is 1. The summed E-state index contributed by atoms with van der Waals surface area (Å²) in [5.74, 6) is -0.106. The zero-order valence-electron chi connectivity index (χ0n) is 15.4. The van der Waals surface area contributed by atoms with E-state index in [1.54, 1.807) is 17.2 Å². The van der Waals surface area contributed by atoms with Crippen LogP contribution in [0.2, 0.25) is 0 Å². The van der Waals surface area contributed by atoms with Crippen LogP contribution in [0.3, 0.4) is 0 Å². The smallest absolute Gasteiger partial charge is 0.276 e. The van der Waals surface area contributed by atoms with Gasteiger partial charge in [0.2, 0.25) is 0 Å². The van der Waals surface area contributed by atoms with E-state index in [0.717, 1.165) is 22.6 Å². The normalized spacial score (nSPS) is 10.4. The van der Waals surface area contributed by atoms with Crippen molar-refractivity contribution in [2.75, 3.05) is 16.8 Å². The highest BCUT2D eigenvalue weighted by molar-refractivity contribution is 6.05. The lowest BCUT2D eigenvalue weighted by Gasteiger charge is -2.21. The van der Waals surface area contributed by atoms with Gasteiger partial charge in [-0.15, -0.1) is 0 Å². The van der Waals surface area contributed by atoms with E-state index in [-0.39, 0.29) is 5.91 Å². The van der Waals surface area contributed by atoms with Crippen molar-refractivity contribution in [3.63, 3.8) is 0 Å². The molecule has 0 atom stereocenters. The number of carbonyl (C=O) groups is 1. The summed E-state index contributed by atoms with van der Waals surface area (Å²) < 4.78 is 0. The number of rotatable bonds is 5. The van der Waals surface area contributed by atoms with E-state index in [4.69, 9.17) is 0 Å². The molecule has 4 nitrogen and oxygen atoms in total. The highest BCUT2D eigenvalue weighted by Crippen LogP contribution is 2.21. The molecule has 0 saturated heterocycles. The third-order valence-corrected chi connectivity index (χ3v) is 4.19. The van der Waals surface area contributed by atoms with Crippen molar-refractivity contribution in [3.8, 4) is 0 Å². The summed E-state index contributed by atoms with van der Waals surface area (Å²) in [5.41, 5.74) is 5.45. The molecular formula is C22H23N3O. The molecule has 4 heteroatoms. The summed E-state index contributed by atoms with van der Waals surface area (Å²) in [4.78, 5) is 19.0. The third-order valence-electron chi connectivity index (χ3n) is 4.19. The van der Waals surface area contributed by atoms with E-state index in [1.807, 2.05) is 68.4 Å². The van der Waals surface area contributed by atoms with Crippen molar-refractivity contribution in [3.05, 3.63) is 83.7 Å². The van der Waals surface area contributed by atoms with Crippen molar-refractivity contribution >= 4 is 23.0 Å². The number of carbonyl (C=O) groups excluding carboxylic acids is 1. The van der Waals surface area contributed by atoms with E-state index in [2.05, 4.69) is 17.2 Å². The fourth-order valence-corrected chi connectivity index (χ4v) is 2.81. The lowest BCUT2D eigenvalue weighted by molar-refractivity contribution is 0.0983. The Kier molecular flexibility index (Phi) is 5.32. The molecule has 0 radical (unpaired) electrons. The number of nitrogens with one attached hydrogen (secondary N) is 1. The van der Waals surface area contributed by atoms with Gasteiger partial charge in [-0.1, -0.05) is 29.8 Å². The van der Waals surface area contributed by atoms with E-state index in [0.29, 0.717) is 12.2 Å². The van der Waals surface area contributed by atoms with Gasteiger partial charge in [0, 0.05) is 29.8 Å². The molecule has 0 saturated carbocycles. The molecule has 0 unspecified atom stereocenters. The van der Waals surface area contributed by atoms with Crippen molar-refractivity contribution < 1.29 is 4.79 Å². The second-order valence-corrected chi connectivity index (χ2v) is 6.31. The first-order chi connectivity index (χ1) is 12.6. The molecular weight excluding hydrogens is 322 g/mol. The first kappa shape index (κ1) is 17.7. The maximum absolute atomic E-state index is 13.0. The number of nitrogens with zero attached hydrogens (tertiary/aromatic N) is 2. The Bertz CT molecular complexity index is 903. The molecule has 0 aliphatic carbocycles. The minimum Gasteiger partial charge on any atom is -0.355 e. The Morgan fingerprint density at radius 2 is 1.73 bits per heavy atom. The molecule has 1 heterocycles. The molecule has 26 heavy (non-hydrogen) atoms. The molecule has 1 aromatic heterocycles. The van der Waals surface area contributed by atoms with Crippen LogP contribution in [-0.4, -0.2) is 17.4 Å². The number of anilines is 3. The van der Waals surface area contributed by atoms with E-state index < -0.39 is 0 Å². The fourth-order valence-electron chi connectivity index (χ4n) is 2.81. The Morgan fingerprint density at radius 3 is 2.42 bits per heavy atom. The average Bonchev–Trinajstić information content (AvgIpc) is 2.64. The molecule has 0 aliphatic heterocycles. The minimum atomic E-state index is -0.106. The topological polar surface area (TPSA) is 45.2 Å². The van der Waals surface area contributed by atoms with Crippen molar-refractivity contribution in [2.45, 2.75) is 20.8 Å². The van der Waals surface area contributed by atoms with Crippen LogP contribution in [0.5, 0.6) is 0 Å². The molecule has 132 valence electrons. The van der Waals surface area contributed by atoms with Crippen molar-refractivity contribution in [1.82, 2.24) is 4.98 Å². The Hall–Kier alpha value is -3.14. The van der Waals surface area contributed by atoms with Gasteiger partial charge in [-0.05, 0) is 62.7 Å². The van der Waals surface area contributed by atoms with Gasteiger partial charge >= 0.3 is 0 Å². The molecule has 1 amide bonds. The highest BCUT2D eigenvalue weighted by atomic mass is 16.2. The van der Waals surface area contributed by atoms with Gasteiger partial charge in [-0.25, -0.2) is 0 Å². The van der Waals surface area contributed by atoms with Crippen LogP contribution >= 0.6 is 0 Å². The van der Waals surface area contributed by atoms with Gasteiger partial charge in [0.25, 0.3) is 5.91 Å². The highest BCUT2D eigenvalue weighted by Gasteiger charge is 2.17. The van der Waals surface area contributed by atoms with Gasteiger partial charge < -0.3 is 10.2 Å². The van der Waals surface area contributed by atoms with Crippen LogP contribution in [-0.2, 0) is 0 Å². The van der Waals surface area contributed by atoms with Gasteiger partial charge in [0.05, 0.1) is 0 Å². The Morgan fingerprint density at radius 1 is 0.962 bits per heavy atom. The fraction of sp³-hybridized carbons (Fsp3) is 0.182. The van der Waals surface area contributed by atoms with Gasteiger partial charge in [0.15, 0.2) is 0 Å². The maximum atomic E-state index is 13.0. The van der Waals surface area contributed by atoms with Crippen LogP contribution in [0.15, 0.2) is 66.9 Å². The largest absolute Gasteiger partial charge is 0.355 e. The molecule has 3 rings (SSSR count). The third kappa shape index (κ3) is 4.09. The second-order valence-electron chi connectivity index (χ2n) is 6.31. The monoisotopic (exact) mass is 345 g/mol. The second kappa shape index (κ2) is 7.83. The zero-order valence-corrected chi connectivity index (χ0v) is 15.4. The van der Waals surface area contributed by atoms with Gasteiger partial charge in [-0.3, -0.25) is 9.78 Å². The van der Waals surface area contributed by atoms with Crippen LogP contribution in [0.1, 0.15) is 28.5 Å². The Labute approximate surface area is 154 Å². The summed E-state index contributed by atoms with van der Waals surface area (Å²) in [6.45, 7) is 6.62. The molecule has 0 spiro atoms. The predicted molar refractivity (Wildman–Crippen MR) is 107 cm³/mol. The Balaban J connectivity index is 1.84. The van der Waals surface area contributed by atoms with Crippen molar-refractivity contribution in [2.24, 2.45) is 0 Å². The van der Waals surface area contributed by atoms with Crippen LogP contribution < -0.4 is 10.2 Å². The molecule has 0 aliphatic rings. The number of pyridine rings is 1. The molecule has 0 bridgehead atoms. The molecule has 3 aromatic rings. The number of amides is 1. The first-order valence-corrected chi connectivity index (χ1v) is 8.75. The summed E-state index contributed by atoms with van der Waals surface area (Å²) in [5, 5.41) is 3.32. The number of aromatic nitrogens is 1. The summed E-state index contributed by atoms with van der Waals surface area (Å²) >= 11 is 0. The predicted octanol–water partition coefficient (Wildman–Crippen LogP) is 5.11. The molecule has 0 fully saturated rings. The van der Waals surface area contributed by atoms with Gasteiger partial charge in [0.1, 0.15) is 5.69 Å². The molecule has 1 N–H and O–H groups in total. The van der Waals surface area contributed by atoms with Crippen molar-refractivity contribution in [1.29, 1.82) is 0 Å². The van der Waals surface area contributed by atoms with E-state index >= 15 is 0 Å². The molecule has 2 aromatic carbocycles. The minimum absolute atomic E-state index is 0.106. The SMILES string of the molecule is CCN(C(=O)c1cc(Nc2ccc(C)cc2)ccn1)c1cccc(C)c1. The van der Waals surface area contributed by atoms with Crippen LogP contribution in [0.4, 0.5) is 17.1 Å². The quantitative estimate of drug-likeness (QED) is 0.699. The standard InChI is InChI=1S/C22H23N3O/c1-4-25(20-7-5-6-17(3)14-20)22(26)21-15-19(12-13-23-21)24-18-10-8-16(2)9-11-18/h5-15H,4H2,1-3H3,(H,23,24). The maximum Gasteiger partial charge on any atom is 0.276 e. The van der Waals surface area contributed by atoms with Crippen LogP contribution in [0, 0.1) is 13.8 Å². The number of benzene rings is 2. The van der Waals surface area contributed by atoms with Crippen LogP contribution in [0.25, 0.3) is 0 Å². The van der Waals surface area contributed by atoms with Gasteiger partial charge in [-0.2, -0.15) is 0 Å². The summed E-state index contributed by atoms with van der Waals surface area (Å²) in [6, 6.07) is 19.7. The number of hydrogen-bond acceptors (Lipinski definition) is 3. The average molecular weight is 345 g/mol. The van der Waals surface area contributed by atoms with E-state index in [9.17, 15) is 4.79 Å². The summed E-state index contributed by atoms with van der Waals surface area (Å²) in [7, 11) is 0. The summed E-state index contributed by atoms with van der Waals surface area (Å²) in [6.07, 6.45) is 1.66. The number of aryl methyl sites for hydroxylation is 2. The lowest BCUT2D eigenvalue weighted by Crippen LogP contribution is -2.31. The zero-order chi connectivity index (χ0) is 18.5.